The Kier molecular flexibility index (Phi) is 9.36. The van der Waals surface area contributed by atoms with Crippen molar-refractivity contribution in [2.45, 2.75) is 47.0 Å². The Morgan fingerprint density at radius 2 is 2.08 bits per heavy atom. The molecular weight excluding hydrogens is 459 g/mol. The van der Waals surface area contributed by atoms with E-state index in [0.717, 1.165) is 17.7 Å². The van der Waals surface area contributed by atoms with Gasteiger partial charge in [-0.3, -0.25) is 4.98 Å². The van der Waals surface area contributed by atoms with Crippen LogP contribution in [0.3, 0.4) is 0 Å². The lowest BCUT2D eigenvalue weighted by Crippen LogP contribution is -2.30. The minimum Gasteiger partial charge on any atom is -0.475 e. The molecule has 2 aromatic rings. The number of amides is 2. The molecule has 3 N–H and O–H groups in total. The van der Waals surface area contributed by atoms with Crippen LogP contribution in [0.1, 0.15) is 55.5 Å². The maximum absolute atomic E-state index is 14.6. The van der Waals surface area contributed by atoms with Gasteiger partial charge in [0, 0.05) is 30.1 Å². The number of carbonyl (C=O) groups excluding carboxylic acids is 1. The van der Waals surface area contributed by atoms with Crippen LogP contribution in [-0.4, -0.2) is 41.8 Å². The van der Waals surface area contributed by atoms with Crippen LogP contribution in [0.5, 0.6) is 0 Å². The fourth-order valence-electron chi connectivity index (χ4n) is 3.62. The van der Waals surface area contributed by atoms with Crippen molar-refractivity contribution in [2.24, 2.45) is 10.4 Å². The highest BCUT2D eigenvalue weighted by Crippen LogP contribution is 2.47. The molecule has 0 bridgehead atoms. The third kappa shape index (κ3) is 8.02. The van der Waals surface area contributed by atoms with Gasteiger partial charge in [-0.15, -0.1) is 0 Å². The van der Waals surface area contributed by atoms with E-state index in [9.17, 15) is 14.3 Å². The lowest BCUT2D eigenvalue weighted by Gasteiger charge is -2.12. The van der Waals surface area contributed by atoms with E-state index in [1.165, 1.54) is 18.9 Å². The van der Waals surface area contributed by atoms with Crippen molar-refractivity contribution in [3.63, 3.8) is 0 Å². The minimum absolute atomic E-state index is 0.0734. The van der Waals surface area contributed by atoms with Crippen molar-refractivity contribution in [3.8, 4) is 0 Å². The highest BCUT2D eigenvalue weighted by Gasteiger charge is 2.36. The van der Waals surface area contributed by atoms with Gasteiger partial charge in [-0.1, -0.05) is 13.0 Å². The van der Waals surface area contributed by atoms with E-state index in [-0.39, 0.29) is 24.8 Å². The molecule has 0 saturated heterocycles. The molecule has 0 aliphatic heterocycles. The number of pyridine rings is 1. The number of carbonyl (C=O) groups is 1. The summed E-state index contributed by atoms with van der Waals surface area (Å²) < 4.78 is 20.2. The van der Waals surface area contributed by atoms with E-state index in [1.54, 1.807) is 31.3 Å². The lowest BCUT2D eigenvalue weighted by molar-refractivity contribution is 0.195. The lowest BCUT2D eigenvalue weighted by atomic mass is 10.1. The van der Waals surface area contributed by atoms with E-state index in [2.05, 4.69) is 27.5 Å². The molecule has 1 aliphatic carbocycles. The summed E-state index contributed by atoms with van der Waals surface area (Å²) in [6, 6.07) is 6.30. The number of nitrogens with zero attached hydrogens (tertiary/aromatic N) is 2. The Morgan fingerprint density at radius 1 is 1.31 bits per heavy atom. The van der Waals surface area contributed by atoms with Gasteiger partial charge in [0.25, 0.3) is 0 Å². The van der Waals surface area contributed by atoms with E-state index >= 15 is 0 Å². The van der Waals surface area contributed by atoms with Crippen LogP contribution >= 0.6 is 0 Å². The number of halogens is 1. The number of allylic oxidation sites excluding steroid dienone is 1. The monoisotopic (exact) mass is 494 g/mol. The number of aliphatic hydroxyl groups excluding tert-OH is 1. The van der Waals surface area contributed by atoms with Crippen molar-refractivity contribution >= 4 is 29.4 Å². The number of aliphatic imine (C=N–C) groups is 1. The van der Waals surface area contributed by atoms with Gasteiger partial charge in [0.2, 0.25) is 5.90 Å². The van der Waals surface area contributed by atoms with Gasteiger partial charge >= 0.3 is 6.03 Å². The van der Waals surface area contributed by atoms with Crippen LogP contribution in [0.4, 0.5) is 14.9 Å². The Balaban J connectivity index is 1.77. The van der Waals surface area contributed by atoms with E-state index in [4.69, 9.17) is 4.74 Å². The molecule has 0 atom stereocenters. The fourth-order valence-corrected chi connectivity index (χ4v) is 3.62. The molecule has 7 nitrogen and oxygen atoms in total. The fraction of sp³-hybridized carbons (Fsp3) is 0.393. The molecule has 8 heteroatoms. The number of hydrogen-bond donors (Lipinski definition) is 3. The number of urea groups is 1. The molecule has 1 aliphatic rings. The smallest absolute Gasteiger partial charge is 0.319 e. The zero-order valence-corrected chi connectivity index (χ0v) is 21.4. The summed E-state index contributed by atoms with van der Waals surface area (Å²) in [6.07, 6.45) is 10.3. The minimum atomic E-state index is -0.511. The topological polar surface area (TPSA) is 95.8 Å². The number of ether oxygens (including phenoxy) is 1. The molecule has 36 heavy (non-hydrogen) atoms. The molecule has 2 amide bonds. The molecule has 1 aromatic heterocycles. The number of aromatic nitrogens is 1. The van der Waals surface area contributed by atoms with E-state index < -0.39 is 11.8 Å². The van der Waals surface area contributed by atoms with Crippen molar-refractivity contribution in [2.75, 3.05) is 25.1 Å². The van der Waals surface area contributed by atoms with Gasteiger partial charge in [-0.05, 0) is 86.9 Å². The summed E-state index contributed by atoms with van der Waals surface area (Å²) in [5, 5.41) is 14.6. The molecule has 0 radical (unpaired) electrons. The number of aryl methyl sites for hydroxylation is 2. The first-order valence-corrected chi connectivity index (χ1v) is 12.2. The Morgan fingerprint density at radius 3 is 2.75 bits per heavy atom. The Labute approximate surface area is 212 Å². The zero-order valence-electron chi connectivity index (χ0n) is 21.4. The third-order valence-corrected chi connectivity index (χ3v) is 6.16. The first kappa shape index (κ1) is 27.1. The van der Waals surface area contributed by atoms with Crippen molar-refractivity contribution in [1.82, 2.24) is 10.3 Å². The standard InChI is InChI=1S/C28H35FN4O3/c1-5-24(22-8-12-30-20(3)17-22)32-26(36-15-14-34)7-6-21-18-25(23(29)16-19(21)2)33-27(35)31-13-11-28(4)9-10-28/h5-8,12,16-18,34H,9-11,13-15H2,1-4H3,(H2,31,33,35)/b7-6+,24-5-,32-26+. The largest absolute Gasteiger partial charge is 0.475 e. The van der Waals surface area contributed by atoms with Crippen LogP contribution in [0.2, 0.25) is 0 Å². The van der Waals surface area contributed by atoms with Crippen LogP contribution in [0.25, 0.3) is 11.8 Å². The quantitative estimate of drug-likeness (QED) is 0.295. The number of nitrogens with one attached hydrogen (secondary N) is 2. The van der Waals surface area contributed by atoms with Crippen LogP contribution in [-0.2, 0) is 4.74 Å². The number of aliphatic hydroxyl groups is 1. The summed E-state index contributed by atoms with van der Waals surface area (Å²) in [5.41, 5.74) is 4.24. The SMILES string of the molecule is C\C=C(/N=C(\C=C\c1cc(NC(=O)NCCC2(C)CC2)c(F)cc1C)OCCO)c1ccnc(C)c1. The second-order valence-electron chi connectivity index (χ2n) is 9.35. The van der Waals surface area contributed by atoms with Gasteiger partial charge in [-0.25, -0.2) is 14.2 Å². The molecule has 0 unspecified atom stereocenters. The molecule has 1 fully saturated rings. The van der Waals surface area contributed by atoms with Crippen LogP contribution in [0.15, 0.2) is 47.6 Å². The molecule has 1 heterocycles. The second-order valence-corrected chi connectivity index (χ2v) is 9.35. The molecule has 192 valence electrons. The summed E-state index contributed by atoms with van der Waals surface area (Å²) >= 11 is 0. The Hall–Kier alpha value is -3.52. The number of hydrogen-bond acceptors (Lipinski definition) is 5. The normalized spacial score (nSPS) is 15.2. The molecule has 1 aromatic carbocycles. The number of anilines is 1. The van der Waals surface area contributed by atoms with Crippen LogP contribution < -0.4 is 10.6 Å². The summed E-state index contributed by atoms with van der Waals surface area (Å²) in [4.78, 5) is 21.1. The van der Waals surface area contributed by atoms with E-state index in [0.29, 0.717) is 28.8 Å². The number of rotatable bonds is 10. The molecule has 0 spiro atoms. The van der Waals surface area contributed by atoms with E-state index in [1.807, 2.05) is 32.1 Å². The summed E-state index contributed by atoms with van der Waals surface area (Å²) in [6.45, 7) is 8.22. The average molecular weight is 495 g/mol. The molecular formula is C28H35FN4O3. The Bertz CT molecular complexity index is 1170. The van der Waals surface area contributed by atoms with Gasteiger partial charge in [0.05, 0.1) is 18.0 Å². The maximum atomic E-state index is 14.6. The van der Waals surface area contributed by atoms with Crippen molar-refractivity contribution in [1.29, 1.82) is 0 Å². The second kappa shape index (κ2) is 12.4. The van der Waals surface area contributed by atoms with Gasteiger partial charge < -0.3 is 20.5 Å². The van der Waals surface area contributed by atoms with Gasteiger partial charge in [0.1, 0.15) is 12.4 Å². The number of benzene rings is 1. The first-order chi connectivity index (χ1) is 17.2. The highest BCUT2D eigenvalue weighted by molar-refractivity contribution is 5.96. The molecule has 1 saturated carbocycles. The predicted molar refractivity (Wildman–Crippen MR) is 142 cm³/mol. The maximum Gasteiger partial charge on any atom is 0.319 e. The first-order valence-electron chi connectivity index (χ1n) is 12.2. The summed E-state index contributed by atoms with van der Waals surface area (Å²) in [7, 11) is 0. The van der Waals surface area contributed by atoms with Crippen molar-refractivity contribution in [3.05, 3.63) is 70.8 Å². The third-order valence-electron chi connectivity index (χ3n) is 6.16. The van der Waals surface area contributed by atoms with Gasteiger partial charge in [0.15, 0.2) is 0 Å². The van der Waals surface area contributed by atoms with Gasteiger partial charge in [-0.2, -0.15) is 0 Å². The predicted octanol–water partition coefficient (Wildman–Crippen LogP) is 5.63. The van der Waals surface area contributed by atoms with Crippen molar-refractivity contribution < 1.29 is 19.0 Å². The summed E-state index contributed by atoms with van der Waals surface area (Å²) in [5.74, 6) is -0.222. The zero-order chi connectivity index (χ0) is 26.1. The van der Waals surface area contributed by atoms with Crippen LogP contribution in [0, 0.1) is 25.1 Å². The molecule has 3 rings (SSSR count). The highest BCUT2D eigenvalue weighted by atomic mass is 19.1. The average Bonchev–Trinajstić information content (AvgIpc) is 3.57.